The first-order chi connectivity index (χ1) is 6.05. The summed E-state index contributed by atoms with van der Waals surface area (Å²) in [5, 5.41) is 1.18. The van der Waals surface area contributed by atoms with Crippen LogP contribution in [0.3, 0.4) is 0 Å². The Morgan fingerprint density at radius 1 is 0.667 bits per heavy atom. The molecule has 0 aliphatic rings. The minimum atomic E-state index is -0.134. The molecule has 2 unspecified atom stereocenters. The van der Waals surface area contributed by atoms with Gasteiger partial charge < -0.3 is 0 Å². The van der Waals surface area contributed by atoms with Gasteiger partial charge in [-0.2, -0.15) is 0 Å². The van der Waals surface area contributed by atoms with Gasteiger partial charge in [0.15, 0.2) is 0 Å². The van der Waals surface area contributed by atoms with Gasteiger partial charge in [0.2, 0.25) is 0 Å². The van der Waals surface area contributed by atoms with Gasteiger partial charge >= 0.3 is 0 Å². The van der Waals surface area contributed by atoms with Crippen LogP contribution in [0.25, 0.3) is 0 Å². The third-order valence-corrected chi connectivity index (χ3v) is 11.1. The molecule has 15 heavy (non-hydrogen) atoms. The van der Waals surface area contributed by atoms with E-state index >= 15 is 0 Å². The molecule has 0 aliphatic carbocycles. The summed E-state index contributed by atoms with van der Waals surface area (Å²) in [6.07, 6.45) is 3.02. The molecule has 0 heterocycles. The Balaban J connectivity index is 0. The second-order valence-corrected chi connectivity index (χ2v) is 13.7. The minimum absolute atomic E-state index is 0. The molecule has 0 aliphatic heterocycles. The normalized spacial score (nSPS) is 16.8. The monoisotopic (exact) mass is 339 g/mol. The molecule has 0 aromatic rings. The van der Waals surface area contributed by atoms with Gasteiger partial charge in [-0.15, -0.1) is 0 Å². The second kappa shape index (κ2) is 7.04. The second-order valence-electron chi connectivity index (χ2n) is 6.56. The predicted molar refractivity (Wildman–Crippen MR) is 77.7 cm³/mol. The third-order valence-electron chi connectivity index (χ3n) is 3.44. The Morgan fingerprint density at radius 2 is 0.867 bits per heavy atom. The van der Waals surface area contributed by atoms with Crippen LogP contribution >= 0.6 is 15.8 Å². The number of hydrogen-bond donors (Lipinski definition) is 0. The Kier molecular flexibility index (Phi) is 8.84. The summed E-state index contributed by atoms with van der Waals surface area (Å²) in [6, 6.07) is 0. The fraction of sp³-hybridized carbons (Fsp3) is 1.00. The molecule has 0 saturated heterocycles. The van der Waals surface area contributed by atoms with Gasteiger partial charge in [0.1, 0.15) is 0 Å². The van der Waals surface area contributed by atoms with E-state index in [0.717, 1.165) is 0 Å². The number of rotatable bonds is 3. The zero-order valence-electron chi connectivity index (χ0n) is 11.7. The topological polar surface area (TPSA) is 0 Å². The van der Waals surface area contributed by atoms with E-state index in [1.165, 1.54) is 12.3 Å². The van der Waals surface area contributed by atoms with Crippen LogP contribution in [-0.2, 0) is 19.5 Å². The van der Waals surface area contributed by atoms with Crippen LogP contribution in [0.1, 0.15) is 41.5 Å². The summed E-state index contributed by atoms with van der Waals surface area (Å²) >= 11 is 0. The van der Waals surface area contributed by atoms with Crippen LogP contribution in [-0.4, -0.2) is 36.0 Å². The van der Waals surface area contributed by atoms with Crippen molar-refractivity contribution < 1.29 is 19.5 Å². The maximum absolute atomic E-state index is 2.50. The minimum Gasteiger partial charge on any atom is -0.0261 e. The van der Waals surface area contributed by atoms with Crippen molar-refractivity contribution in [2.75, 3.05) is 25.7 Å². The van der Waals surface area contributed by atoms with Crippen LogP contribution in [0.4, 0.5) is 0 Å². The molecule has 0 spiro atoms. The zero-order valence-corrected chi connectivity index (χ0v) is 15.4. The first kappa shape index (κ1) is 18.8. The Labute approximate surface area is 113 Å². The molecule has 0 aromatic carbocycles. The predicted octanol–water partition coefficient (Wildman–Crippen LogP) is 4.27. The maximum Gasteiger partial charge on any atom is 0.0907 e. The largest absolute Gasteiger partial charge is 0.0907 e. The van der Waals surface area contributed by atoms with Gasteiger partial charge in [0.25, 0.3) is 0 Å². The molecule has 95 valence electrons. The fourth-order valence-electron chi connectivity index (χ4n) is 1.12. The first-order valence-corrected chi connectivity index (χ1v) is 10.1. The van der Waals surface area contributed by atoms with Crippen molar-refractivity contribution >= 4 is 15.8 Å². The van der Waals surface area contributed by atoms with Crippen LogP contribution in [0.2, 0.25) is 0 Å². The Bertz CT molecular complexity index is 147. The molecule has 0 amide bonds. The summed E-state index contributed by atoms with van der Waals surface area (Å²) in [7, 11) is -0.269. The van der Waals surface area contributed by atoms with Crippen LogP contribution in [0.5, 0.6) is 0 Å². The molecule has 0 aromatic heterocycles. The van der Waals surface area contributed by atoms with Gasteiger partial charge in [0.05, 0.1) is 22.6 Å². The van der Waals surface area contributed by atoms with Crippen molar-refractivity contribution in [2.24, 2.45) is 0 Å². The van der Waals surface area contributed by atoms with Crippen molar-refractivity contribution in [3.8, 4) is 0 Å². The van der Waals surface area contributed by atoms with E-state index in [9.17, 15) is 0 Å². The molecular formula is C12H30P2Rh+2. The van der Waals surface area contributed by atoms with E-state index in [-0.39, 0.29) is 35.3 Å². The van der Waals surface area contributed by atoms with Crippen molar-refractivity contribution in [3.05, 3.63) is 0 Å². The van der Waals surface area contributed by atoms with Gasteiger partial charge in [-0.1, -0.05) is 0 Å². The van der Waals surface area contributed by atoms with Crippen molar-refractivity contribution in [3.63, 3.8) is 0 Å². The molecule has 0 nitrogen and oxygen atoms in total. The van der Waals surface area contributed by atoms with Gasteiger partial charge in [-0.3, -0.25) is 0 Å². The van der Waals surface area contributed by atoms with Gasteiger partial charge in [-0.25, -0.2) is 0 Å². The van der Waals surface area contributed by atoms with E-state index in [1.807, 2.05) is 0 Å². The molecule has 0 saturated carbocycles. The van der Waals surface area contributed by atoms with Crippen LogP contribution in [0.15, 0.2) is 0 Å². The maximum atomic E-state index is 2.50. The van der Waals surface area contributed by atoms with E-state index in [1.54, 1.807) is 0 Å². The summed E-state index contributed by atoms with van der Waals surface area (Å²) in [5.41, 5.74) is 0. The SMILES string of the molecule is C[PH+](CC[PH+](C)C(C)(C)C)C(C)(C)C.[Rh]. The average Bonchev–Trinajstić information content (AvgIpc) is 1.95. The standard InChI is InChI=1S/C12H28P2.Rh/c1-11(2,3)13(7)9-10-14(8)12(4,5)6;/h9-10H2,1-8H3;/p+2. The Hall–Kier alpha value is 1.48. The van der Waals surface area contributed by atoms with Gasteiger partial charge in [0, 0.05) is 48.7 Å². The molecule has 2 atom stereocenters. The first-order valence-electron chi connectivity index (χ1n) is 5.71. The molecule has 0 bridgehead atoms. The number of hydrogen-bond acceptors (Lipinski definition) is 0. The smallest absolute Gasteiger partial charge is 0.0261 e. The van der Waals surface area contributed by atoms with Gasteiger partial charge in [-0.05, 0) is 41.5 Å². The molecule has 0 fully saturated rings. The average molecular weight is 339 g/mol. The third kappa shape index (κ3) is 8.24. The summed E-state index contributed by atoms with van der Waals surface area (Å²) in [5.74, 6) is 0. The molecule has 1 radical (unpaired) electrons. The van der Waals surface area contributed by atoms with E-state index in [4.69, 9.17) is 0 Å². The van der Waals surface area contributed by atoms with E-state index < -0.39 is 0 Å². The molecular weight excluding hydrogens is 309 g/mol. The molecule has 0 rings (SSSR count). The van der Waals surface area contributed by atoms with Crippen molar-refractivity contribution in [1.82, 2.24) is 0 Å². The Morgan fingerprint density at radius 3 is 1.00 bits per heavy atom. The summed E-state index contributed by atoms with van der Waals surface area (Å²) < 4.78 is 0. The van der Waals surface area contributed by atoms with Crippen LogP contribution in [0, 0.1) is 0 Å². The quantitative estimate of drug-likeness (QED) is 0.532. The van der Waals surface area contributed by atoms with E-state index in [0.29, 0.717) is 10.3 Å². The zero-order chi connectivity index (χ0) is 11.6. The fourth-order valence-corrected chi connectivity index (χ4v) is 5.62. The van der Waals surface area contributed by atoms with E-state index in [2.05, 4.69) is 54.9 Å². The molecule has 0 N–H and O–H groups in total. The summed E-state index contributed by atoms with van der Waals surface area (Å²) in [6.45, 7) is 19.4. The molecule has 3 heteroatoms. The van der Waals surface area contributed by atoms with Crippen molar-refractivity contribution in [2.45, 2.75) is 51.9 Å². The summed E-state index contributed by atoms with van der Waals surface area (Å²) in [4.78, 5) is 0. The van der Waals surface area contributed by atoms with Crippen molar-refractivity contribution in [1.29, 1.82) is 0 Å². The van der Waals surface area contributed by atoms with Crippen LogP contribution < -0.4 is 0 Å².